The molecule has 1 atom stereocenters. The summed E-state index contributed by atoms with van der Waals surface area (Å²) in [5.41, 5.74) is -3.61. The first kappa shape index (κ1) is 19.9. The minimum absolute atomic E-state index is 0.0442. The van der Waals surface area contributed by atoms with Crippen molar-refractivity contribution in [3.63, 3.8) is 0 Å². The Labute approximate surface area is 159 Å². The highest BCUT2D eigenvalue weighted by Gasteiger charge is 2.39. The molecule has 2 aromatic heterocycles. The molecule has 3 nitrogen and oxygen atoms in total. The van der Waals surface area contributed by atoms with Gasteiger partial charge in [0, 0.05) is 10.4 Å². The Hall–Kier alpha value is -2.86. The summed E-state index contributed by atoms with van der Waals surface area (Å²) in [6.07, 6.45) is -10.1. The molecule has 0 aliphatic heterocycles. The first-order valence-corrected chi connectivity index (χ1v) is 7.99. The van der Waals surface area contributed by atoms with Crippen LogP contribution in [0.5, 0.6) is 0 Å². The van der Waals surface area contributed by atoms with Crippen molar-refractivity contribution in [2.24, 2.45) is 0 Å². The summed E-state index contributed by atoms with van der Waals surface area (Å²) in [5, 5.41) is 9.17. The van der Waals surface area contributed by atoms with Gasteiger partial charge in [-0.1, -0.05) is 23.7 Å². The fourth-order valence-corrected chi connectivity index (χ4v) is 2.86. The maximum atomic E-state index is 13.2. The lowest BCUT2D eigenvalue weighted by molar-refractivity contribution is -0.144. The highest BCUT2D eigenvalue weighted by Crippen LogP contribution is 2.38. The fourth-order valence-electron chi connectivity index (χ4n) is 2.66. The summed E-state index contributed by atoms with van der Waals surface area (Å²) in [6.45, 7) is 0. The quantitative estimate of drug-likeness (QED) is 0.484. The Morgan fingerprint density at radius 1 is 0.929 bits per heavy atom. The number of benzene rings is 1. The number of hydrogen-bond acceptors (Lipinski definition) is 3. The SMILES string of the molecule is N#C[C@H](c1cccc(Cl)c1)c1ccc2c(C(F)(F)F)cc(C(F)(F)F)nc2n1. The molecule has 0 aliphatic carbocycles. The maximum Gasteiger partial charge on any atom is 0.433 e. The minimum Gasteiger partial charge on any atom is -0.231 e. The Morgan fingerprint density at radius 3 is 2.21 bits per heavy atom. The Balaban J connectivity index is 2.24. The van der Waals surface area contributed by atoms with Crippen LogP contribution in [0.1, 0.15) is 28.4 Å². The predicted molar refractivity (Wildman–Crippen MR) is 88.5 cm³/mol. The molecule has 0 aliphatic rings. The number of rotatable bonds is 2. The molecule has 0 unspecified atom stereocenters. The highest BCUT2D eigenvalue weighted by atomic mass is 35.5. The zero-order valence-electron chi connectivity index (χ0n) is 13.6. The van der Waals surface area contributed by atoms with Gasteiger partial charge in [0.05, 0.1) is 17.3 Å². The summed E-state index contributed by atoms with van der Waals surface area (Å²) >= 11 is 5.88. The molecule has 0 radical (unpaired) electrons. The molecule has 0 saturated heterocycles. The molecule has 0 amide bonds. The van der Waals surface area contributed by atoms with E-state index in [1.54, 1.807) is 18.2 Å². The van der Waals surface area contributed by atoms with Crippen molar-refractivity contribution >= 4 is 22.6 Å². The van der Waals surface area contributed by atoms with E-state index in [4.69, 9.17) is 11.6 Å². The Kier molecular flexibility index (Phi) is 4.93. The highest BCUT2D eigenvalue weighted by molar-refractivity contribution is 6.30. The lowest BCUT2D eigenvalue weighted by Gasteiger charge is -2.15. The van der Waals surface area contributed by atoms with Crippen LogP contribution in [-0.2, 0) is 12.4 Å². The fraction of sp³-hybridized carbons (Fsp3) is 0.167. The van der Waals surface area contributed by atoms with Crippen LogP contribution < -0.4 is 0 Å². The van der Waals surface area contributed by atoms with Gasteiger partial charge in [0.2, 0.25) is 0 Å². The molecule has 1 aromatic carbocycles. The van der Waals surface area contributed by atoms with Gasteiger partial charge in [-0.25, -0.2) is 9.97 Å². The van der Waals surface area contributed by atoms with Gasteiger partial charge in [-0.3, -0.25) is 0 Å². The van der Waals surface area contributed by atoms with Gasteiger partial charge in [-0.05, 0) is 35.9 Å². The van der Waals surface area contributed by atoms with E-state index in [1.807, 2.05) is 6.07 Å². The molecule has 144 valence electrons. The lowest BCUT2D eigenvalue weighted by Crippen LogP contribution is -2.14. The van der Waals surface area contributed by atoms with Gasteiger partial charge >= 0.3 is 12.4 Å². The molecule has 3 rings (SSSR count). The molecule has 3 aromatic rings. The number of pyridine rings is 2. The Morgan fingerprint density at radius 2 is 1.64 bits per heavy atom. The number of hydrogen-bond donors (Lipinski definition) is 0. The van der Waals surface area contributed by atoms with Gasteiger partial charge in [-0.15, -0.1) is 0 Å². The monoisotopic (exact) mass is 415 g/mol. The van der Waals surface area contributed by atoms with Crippen LogP contribution in [0, 0.1) is 11.3 Å². The van der Waals surface area contributed by atoms with Crippen LogP contribution in [0.15, 0.2) is 42.5 Å². The molecule has 28 heavy (non-hydrogen) atoms. The molecule has 0 bridgehead atoms. The van der Waals surface area contributed by atoms with Crippen LogP contribution in [-0.4, -0.2) is 9.97 Å². The summed E-state index contributed by atoms with van der Waals surface area (Å²) in [4.78, 5) is 7.06. The molecule has 0 fully saturated rings. The second-order valence-corrected chi connectivity index (χ2v) is 6.21. The molecule has 0 saturated carbocycles. The first-order valence-electron chi connectivity index (χ1n) is 7.62. The molecular weight excluding hydrogens is 408 g/mol. The lowest BCUT2D eigenvalue weighted by atomic mass is 9.96. The van der Waals surface area contributed by atoms with E-state index in [0.717, 1.165) is 12.1 Å². The average molecular weight is 416 g/mol. The van der Waals surface area contributed by atoms with Crippen molar-refractivity contribution in [1.29, 1.82) is 5.26 Å². The standard InChI is InChI=1S/C18H8ClF6N3/c19-10-3-1-2-9(6-10)12(8-26)14-5-4-11-13(17(20,21)22)7-15(18(23,24)25)28-16(11)27-14/h1-7,12H/t12-/m1/s1. The largest absolute Gasteiger partial charge is 0.433 e. The smallest absolute Gasteiger partial charge is 0.231 e. The van der Waals surface area contributed by atoms with Crippen LogP contribution >= 0.6 is 11.6 Å². The maximum absolute atomic E-state index is 13.2. The van der Waals surface area contributed by atoms with Crippen molar-refractivity contribution in [3.05, 3.63) is 70.0 Å². The number of aromatic nitrogens is 2. The number of nitrogens with zero attached hydrogens (tertiary/aromatic N) is 3. The van der Waals surface area contributed by atoms with Gasteiger partial charge in [0.1, 0.15) is 11.6 Å². The van der Waals surface area contributed by atoms with Crippen LogP contribution in [0.25, 0.3) is 11.0 Å². The van der Waals surface area contributed by atoms with Gasteiger partial charge < -0.3 is 0 Å². The van der Waals surface area contributed by atoms with Crippen LogP contribution in [0.3, 0.4) is 0 Å². The molecule has 10 heteroatoms. The molecule has 0 N–H and O–H groups in total. The second kappa shape index (κ2) is 6.95. The van der Waals surface area contributed by atoms with Crippen molar-refractivity contribution in [3.8, 4) is 6.07 Å². The Bertz CT molecular complexity index is 1090. The number of alkyl halides is 6. The third-order valence-electron chi connectivity index (χ3n) is 3.90. The van der Waals surface area contributed by atoms with E-state index in [-0.39, 0.29) is 11.8 Å². The van der Waals surface area contributed by atoms with E-state index in [0.29, 0.717) is 10.6 Å². The summed E-state index contributed by atoms with van der Waals surface area (Å²) < 4.78 is 78.7. The van der Waals surface area contributed by atoms with Crippen LogP contribution in [0.2, 0.25) is 5.02 Å². The van der Waals surface area contributed by atoms with Gasteiger partial charge in [0.25, 0.3) is 0 Å². The van der Waals surface area contributed by atoms with Gasteiger partial charge in [-0.2, -0.15) is 31.6 Å². The van der Waals surface area contributed by atoms with Crippen LogP contribution in [0.4, 0.5) is 26.3 Å². The minimum atomic E-state index is -5.09. The van der Waals surface area contributed by atoms with Crippen molar-refractivity contribution in [1.82, 2.24) is 9.97 Å². The van der Waals surface area contributed by atoms with E-state index in [1.165, 1.54) is 6.07 Å². The zero-order chi connectivity index (χ0) is 20.7. The summed E-state index contributed by atoms with van der Waals surface area (Å²) in [5.74, 6) is -1.05. The molecular formula is C18H8ClF6N3. The van der Waals surface area contributed by atoms with E-state index in [2.05, 4.69) is 9.97 Å². The van der Waals surface area contributed by atoms with E-state index >= 15 is 0 Å². The summed E-state index contributed by atoms with van der Waals surface area (Å²) in [6, 6.07) is 10.1. The second-order valence-electron chi connectivity index (χ2n) is 5.77. The number of halogens is 7. The third kappa shape index (κ3) is 3.87. The normalized spacial score (nSPS) is 13.4. The third-order valence-corrected chi connectivity index (χ3v) is 4.13. The van der Waals surface area contributed by atoms with E-state index in [9.17, 15) is 31.6 Å². The van der Waals surface area contributed by atoms with Gasteiger partial charge in [0.15, 0.2) is 5.65 Å². The van der Waals surface area contributed by atoms with Crippen molar-refractivity contribution in [2.75, 3.05) is 0 Å². The predicted octanol–water partition coefficient (Wildman–Crippen LogP) is 5.98. The molecule has 0 spiro atoms. The average Bonchev–Trinajstić information content (AvgIpc) is 2.59. The first-order chi connectivity index (χ1) is 13.0. The van der Waals surface area contributed by atoms with E-state index < -0.39 is 40.6 Å². The zero-order valence-corrected chi connectivity index (χ0v) is 14.4. The van der Waals surface area contributed by atoms with Crippen molar-refractivity contribution in [2.45, 2.75) is 18.3 Å². The van der Waals surface area contributed by atoms with Crippen molar-refractivity contribution < 1.29 is 26.3 Å². The summed E-state index contributed by atoms with van der Waals surface area (Å²) in [7, 11) is 0. The number of nitriles is 1. The number of fused-ring (bicyclic) bond motifs is 1. The molecule has 2 heterocycles. The topological polar surface area (TPSA) is 49.6 Å².